The van der Waals surface area contributed by atoms with E-state index in [1.54, 1.807) is 7.11 Å². The fraction of sp³-hybridized carbons (Fsp3) is 0.286. The van der Waals surface area contributed by atoms with Crippen LogP contribution in [0.2, 0.25) is 0 Å². The molecule has 0 aliphatic carbocycles. The minimum atomic E-state index is 0.352. The molecule has 0 unspecified atom stereocenters. The van der Waals surface area contributed by atoms with Gasteiger partial charge in [0.1, 0.15) is 17.9 Å². The number of piperidine rings is 1. The number of fused-ring (bicyclic) bond motifs is 1. The molecule has 4 aromatic rings. The molecular weight excluding hydrogens is 424 g/mol. The summed E-state index contributed by atoms with van der Waals surface area (Å²) >= 11 is 0. The molecule has 1 aliphatic heterocycles. The zero-order valence-electron chi connectivity index (χ0n) is 19.5. The van der Waals surface area contributed by atoms with Crippen LogP contribution >= 0.6 is 0 Å². The molecular formula is C28H30N4O2. The highest BCUT2D eigenvalue weighted by Gasteiger charge is 2.25. The zero-order valence-corrected chi connectivity index (χ0v) is 19.5. The number of hydrogen-bond donors (Lipinski definition) is 0. The molecule has 1 saturated heterocycles. The van der Waals surface area contributed by atoms with Crippen molar-refractivity contribution in [3.8, 4) is 11.5 Å². The highest BCUT2D eigenvalue weighted by Crippen LogP contribution is 2.30. The van der Waals surface area contributed by atoms with Crippen molar-refractivity contribution in [2.24, 2.45) is 0 Å². The van der Waals surface area contributed by atoms with E-state index in [0.29, 0.717) is 12.6 Å². The normalized spacial score (nSPS) is 15.2. The Bertz CT molecular complexity index is 1240. The van der Waals surface area contributed by atoms with Gasteiger partial charge in [0, 0.05) is 31.9 Å². The Kier molecular flexibility index (Phi) is 6.86. The van der Waals surface area contributed by atoms with Gasteiger partial charge in [0.15, 0.2) is 17.1 Å². The quantitative estimate of drug-likeness (QED) is 0.358. The van der Waals surface area contributed by atoms with Crippen LogP contribution in [0.3, 0.4) is 0 Å². The summed E-state index contributed by atoms with van der Waals surface area (Å²) in [6, 6.07) is 22.5. The van der Waals surface area contributed by atoms with Crippen molar-refractivity contribution in [2.45, 2.75) is 25.5 Å². The molecule has 34 heavy (non-hydrogen) atoms. The van der Waals surface area contributed by atoms with Crippen molar-refractivity contribution >= 4 is 17.2 Å². The lowest BCUT2D eigenvalue weighted by Gasteiger charge is -2.32. The van der Waals surface area contributed by atoms with Crippen molar-refractivity contribution in [1.82, 2.24) is 19.4 Å². The van der Waals surface area contributed by atoms with E-state index in [-0.39, 0.29) is 0 Å². The topological polar surface area (TPSA) is 52.4 Å². The van der Waals surface area contributed by atoms with Crippen LogP contribution in [0.15, 0.2) is 79.0 Å². The van der Waals surface area contributed by atoms with E-state index in [1.807, 2.05) is 48.7 Å². The van der Waals surface area contributed by atoms with Gasteiger partial charge in [-0.2, -0.15) is 0 Å². The molecule has 174 valence electrons. The Labute approximate surface area is 200 Å². The van der Waals surface area contributed by atoms with Gasteiger partial charge < -0.3 is 14.0 Å². The van der Waals surface area contributed by atoms with Gasteiger partial charge in [0.05, 0.1) is 7.11 Å². The number of nitrogens with zero attached hydrogens (tertiary/aromatic N) is 4. The van der Waals surface area contributed by atoms with Crippen LogP contribution in [0.5, 0.6) is 11.5 Å². The van der Waals surface area contributed by atoms with Gasteiger partial charge in [0.2, 0.25) is 0 Å². The monoisotopic (exact) mass is 454 g/mol. The minimum absolute atomic E-state index is 0.352. The highest BCUT2D eigenvalue weighted by molar-refractivity contribution is 5.71. The maximum atomic E-state index is 6.14. The molecule has 2 aromatic carbocycles. The molecule has 0 N–H and O–H groups in total. The van der Waals surface area contributed by atoms with Gasteiger partial charge in [-0.25, -0.2) is 9.97 Å². The Hall–Kier alpha value is -3.64. The summed E-state index contributed by atoms with van der Waals surface area (Å²) in [5, 5.41) is 0. The first-order valence-corrected chi connectivity index (χ1v) is 11.8. The van der Waals surface area contributed by atoms with Crippen LogP contribution in [-0.4, -0.2) is 46.2 Å². The number of imidazole rings is 1. The summed E-state index contributed by atoms with van der Waals surface area (Å²) in [7, 11) is 1.66. The second-order valence-corrected chi connectivity index (χ2v) is 8.53. The molecule has 0 spiro atoms. The molecule has 2 aromatic heterocycles. The van der Waals surface area contributed by atoms with E-state index < -0.39 is 0 Å². The number of hydrogen-bond acceptors (Lipinski definition) is 5. The van der Waals surface area contributed by atoms with Crippen molar-refractivity contribution in [3.63, 3.8) is 0 Å². The Morgan fingerprint density at radius 3 is 2.50 bits per heavy atom. The number of aromatic nitrogens is 3. The summed E-state index contributed by atoms with van der Waals surface area (Å²) in [5.74, 6) is 2.35. The molecule has 0 amide bonds. The van der Waals surface area contributed by atoms with Crippen molar-refractivity contribution in [1.29, 1.82) is 0 Å². The van der Waals surface area contributed by atoms with Crippen LogP contribution < -0.4 is 9.47 Å². The lowest BCUT2D eigenvalue weighted by Crippen LogP contribution is -2.35. The Morgan fingerprint density at radius 1 is 0.941 bits per heavy atom. The molecule has 3 heterocycles. The van der Waals surface area contributed by atoms with E-state index in [1.165, 1.54) is 5.56 Å². The van der Waals surface area contributed by atoms with Gasteiger partial charge in [-0.05, 0) is 42.7 Å². The molecule has 0 atom stereocenters. The second kappa shape index (κ2) is 10.5. The van der Waals surface area contributed by atoms with Crippen LogP contribution in [0, 0.1) is 0 Å². The Morgan fingerprint density at radius 2 is 1.71 bits per heavy atom. The highest BCUT2D eigenvalue weighted by atomic mass is 16.5. The van der Waals surface area contributed by atoms with Crippen molar-refractivity contribution in [3.05, 3.63) is 90.4 Å². The number of methoxy groups -OCH3 is 1. The number of likely N-dealkylation sites (tertiary alicyclic amines) is 1. The average molecular weight is 455 g/mol. The van der Waals surface area contributed by atoms with Crippen LogP contribution in [0.4, 0.5) is 0 Å². The summed E-state index contributed by atoms with van der Waals surface area (Å²) in [4.78, 5) is 12.0. The van der Waals surface area contributed by atoms with Gasteiger partial charge in [-0.15, -0.1) is 0 Å². The van der Waals surface area contributed by atoms with E-state index in [4.69, 9.17) is 14.5 Å². The number of pyridine rings is 1. The number of rotatable bonds is 8. The summed E-state index contributed by atoms with van der Waals surface area (Å²) < 4.78 is 13.9. The predicted octanol–water partition coefficient (Wildman–Crippen LogP) is 5.37. The standard InChI is InChI=1S/C28H30N4O2/c1-33-25-13-5-6-14-26(25)34-21-27-30-24-12-7-17-29-28(24)32(27)23-15-19-31(20-16-23)18-8-11-22-9-3-2-4-10-22/h2-14,17,23H,15-16,18-21H2,1H3/b11-8+. The number of para-hydroxylation sites is 2. The summed E-state index contributed by atoms with van der Waals surface area (Å²) in [6.45, 7) is 3.43. The average Bonchev–Trinajstić information content (AvgIpc) is 3.27. The maximum Gasteiger partial charge on any atom is 0.161 e. The van der Waals surface area contributed by atoms with Gasteiger partial charge in [0.25, 0.3) is 0 Å². The summed E-state index contributed by atoms with van der Waals surface area (Å²) in [6.07, 6.45) is 8.42. The molecule has 6 nitrogen and oxygen atoms in total. The van der Waals surface area contributed by atoms with E-state index >= 15 is 0 Å². The lowest BCUT2D eigenvalue weighted by molar-refractivity contribution is 0.196. The van der Waals surface area contributed by atoms with Crippen molar-refractivity contribution < 1.29 is 9.47 Å². The van der Waals surface area contributed by atoms with Crippen LogP contribution in [-0.2, 0) is 6.61 Å². The SMILES string of the molecule is COc1ccccc1OCc1nc2cccnc2n1C1CCN(C/C=C/c2ccccc2)CC1. The largest absolute Gasteiger partial charge is 0.493 e. The first-order valence-electron chi connectivity index (χ1n) is 11.8. The lowest BCUT2D eigenvalue weighted by atomic mass is 10.0. The molecule has 6 heteroatoms. The summed E-state index contributed by atoms with van der Waals surface area (Å²) in [5.41, 5.74) is 3.09. The number of ether oxygens (including phenoxy) is 2. The second-order valence-electron chi connectivity index (χ2n) is 8.53. The van der Waals surface area contributed by atoms with Crippen LogP contribution in [0.25, 0.3) is 17.2 Å². The molecule has 5 rings (SSSR count). The van der Waals surface area contributed by atoms with E-state index in [2.05, 4.69) is 50.9 Å². The third-order valence-electron chi connectivity index (χ3n) is 6.34. The third kappa shape index (κ3) is 4.97. The molecule has 0 saturated carbocycles. The smallest absolute Gasteiger partial charge is 0.161 e. The fourth-order valence-corrected chi connectivity index (χ4v) is 4.60. The molecule has 1 fully saturated rings. The third-order valence-corrected chi connectivity index (χ3v) is 6.34. The molecule has 0 radical (unpaired) electrons. The number of benzene rings is 2. The molecule has 1 aliphatic rings. The molecule has 0 bridgehead atoms. The van der Waals surface area contributed by atoms with Gasteiger partial charge in [-0.3, -0.25) is 4.90 Å². The zero-order chi connectivity index (χ0) is 23.2. The predicted molar refractivity (Wildman–Crippen MR) is 135 cm³/mol. The first kappa shape index (κ1) is 22.2. The first-order chi connectivity index (χ1) is 16.8. The van der Waals surface area contributed by atoms with Gasteiger partial charge in [-0.1, -0.05) is 54.6 Å². The fourth-order valence-electron chi connectivity index (χ4n) is 4.60. The minimum Gasteiger partial charge on any atom is -0.493 e. The Balaban J connectivity index is 1.28. The van der Waals surface area contributed by atoms with Gasteiger partial charge >= 0.3 is 0 Å². The van der Waals surface area contributed by atoms with E-state index in [0.717, 1.165) is 61.0 Å². The van der Waals surface area contributed by atoms with Crippen molar-refractivity contribution in [2.75, 3.05) is 26.7 Å². The van der Waals surface area contributed by atoms with Crippen LogP contribution in [0.1, 0.15) is 30.3 Å². The maximum absolute atomic E-state index is 6.14. The van der Waals surface area contributed by atoms with E-state index in [9.17, 15) is 0 Å².